The highest BCUT2D eigenvalue weighted by Gasteiger charge is 2.36. The van der Waals surface area contributed by atoms with Crippen LogP contribution < -0.4 is 14.4 Å². The molecule has 4 aromatic rings. The maximum absolute atomic E-state index is 15.2. The third kappa shape index (κ3) is 8.54. The van der Waals surface area contributed by atoms with Crippen LogP contribution in [0.5, 0.6) is 5.75 Å². The first-order valence-electron chi connectivity index (χ1n) is 16.0. The minimum Gasteiger partial charge on any atom is -0.492 e. The fourth-order valence-electron chi connectivity index (χ4n) is 5.92. The molecule has 0 bridgehead atoms. The molecule has 252 valence electrons. The first-order chi connectivity index (χ1) is 23.2. The number of nitrogens with zero attached hydrogens (tertiary/aromatic N) is 2. The molecule has 1 N–H and O–H groups in total. The van der Waals surface area contributed by atoms with Crippen LogP contribution >= 0.6 is 11.6 Å². The number of anilines is 1. The summed E-state index contributed by atoms with van der Waals surface area (Å²) in [4.78, 5) is 30.0. The topological polar surface area (TPSA) is 96.0 Å². The van der Waals surface area contributed by atoms with Gasteiger partial charge in [-0.1, -0.05) is 85.1 Å². The molecule has 11 heteroatoms. The molecule has 4 aromatic carbocycles. The highest BCUT2D eigenvalue weighted by atomic mass is 35.5. The van der Waals surface area contributed by atoms with E-state index in [0.717, 1.165) is 35.6 Å². The zero-order chi connectivity index (χ0) is 34.1. The van der Waals surface area contributed by atoms with Gasteiger partial charge in [0.1, 0.15) is 24.2 Å². The van der Waals surface area contributed by atoms with Gasteiger partial charge in [0, 0.05) is 29.6 Å². The van der Waals surface area contributed by atoms with Crippen LogP contribution in [0.15, 0.2) is 108 Å². The number of benzene rings is 4. The molecule has 1 fully saturated rings. The number of ether oxygens (including phenoxy) is 1. The third-order valence-corrected chi connectivity index (χ3v) is 10.4. The molecular formula is C37H39ClFN3O5S. The Balaban J connectivity index is 1.60. The number of amides is 2. The summed E-state index contributed by atoms with van der Waals surface area (Å²) >= 11 is 6.07. The molecule has 0 saturated heterocycles. The van der Waals surface area contributed by atoms with E-state index < -0.39 is 34.3 Å². The second-order valence-corrected chi connectivity index (χ2v) is 14.0. The molecule has 1 saturated carbocycles. The number of hydrogen-bond acceptors (Lipinski definition) is 5. The van der Waals surface area contributed by atoms with Gasteiger partial charge in [0.25, 0.3) is 10.0 Å². The highest BCUT2D eigenvalue weighted by molar-refractivity contribution is 7.92. The number of para-hydroxylation sites is 2. The lowest BCUT2D eigenvalue weighted by Gasteiger charge is -2.34. The van der Waals surface area contributed by atoms with Crippen LogP contribution in [0.4, 0.5) is 10.1 Å². The van der Waals surface area contributed by atoms with Crippen LogP contribution in [0.2, 0.25) is 5.02 Å². The fraction of sp³-hybridized carbons (Fsp3) is 0.297. The van der Waals surface area contributed by atoms with E-state index in [-0.39, 0.29) is 53.4 Å². The summed E-state index contributed by atoms with van der Waals surface area (Å²) in [5.74, 6) is -1.36. The predicted molar refractivity (Wildman–Crippen MR) is 185 cm³/mol. The minimum atomic E-state index is -4.37. The van der Waals surface area contributed by atoms with Crippen molar-refractivity contribution in [2.24, 2.45) is 0 Å². The van der Waals surface area contributed by atoms with E-state index in [1.54, 1.807) is 49.4 Å². The van der Waals surface area contributed by atoms with Gasteiger partial charge < -0.3 is 15.0 Å². The molecule has 0 aliphatic heterocycles. The molecule has 1 unspecified atom stereocenters. The number of halogens is 2. The van der Waals surface area contributed by atoms with Gasteiger partial charge in [-0.25, -0.2) is 12.8 Å². The quantitative estimate of drug-likeness (QED) is 0.158. The molecular weight excluding hydrogens is 653 g/mol. The monoisotopic (exact) mass is 691 g/mol. The summed E-state index contributed by atoms with van der Waals surface area (Å²) in [6.45, 7) is 1.07. The molecule has 8 nitrogen and oxygen atoms in total. The predicted octanol–water partition coefficient (Wildman–Crippen LogP) is 6.77. The summed E-state index contributed by atoms with van der Waals surface area (Å²) in [5, 5.41) is 3.46. The van der Waals surface area contributed by atoms with Gasteiger partial charge in [-0.3, -0.25) is 13.9 Å². The van der Waals surface area contributed by atoms with E-state index >= 15 is 4.39 Å². The molecule has 2 amide bonds. The van der Waals surface area contributed by atoms with Crippen LogP contribution in [0.1, 0.15) is 43.7 Å². The summed E-state index contributed by atoms with van der Waals surface area (Å²) in [6, 6.07) is 26.4. The number of hydrogen-bond donors (Lipinski definition) is 1. The Morgan fingerprint density at radius 1 is 0.917 bits per heavy atom. The zero-order valence-electron chi connectivity index (χ0n) is 26.7. The van der Waals surface area contributed by atoms with E-state index in [2.05, 4.69) is 5.32 Å². The Labute approximate surface area is 286 Å². The van der Waals surface area contributed by atoms with Crippen molar-refractivity contribution in [1.29, 1.82) is 0 Å². The van der Waals surface area contributed by atoms with Crippen molar-refractivity contribution in [3.05, 3.63) is 125 Å². The van der Waals surface area contributed by atoms with E-state index in [1.165, 1.54) is 35.2 Å². The highest BCUT2D eigenvalue weighted by Crippen LogP contribution is 2.33. The van der Waals surface area contributed by atoms with Crippen molar-refractivity contribution in [2.45, 2.75) is 62.6 Å². The smallest absolute Gasteiger partial charge is 0.264 e. The lowest BCUT2D eigenvalue weighted by atomic mass is 10.0. The van der Waals surface area contributed by atoms with E-state index in [1.807, 2.05) is 30.3 Å². The molecule has 1 aliphatic rings. The lowest BCUT2D eigenvalue weighted by molar-refractivity contribution is -0.140. The standard InChI is InChI=1S/C37H39ClFN3O5S/c1-2-47-35-19-11-10-18-33(35)42(48(45,46)31-22-20-29(38)21-23-31)26-36(43)41(25-28-14-6-9-17-32(28)39)34(24-27-12-4-3-5-13-27)37(44)40-30-15-7-8-16-30/h3-6,9-14,17-23,30,34H,2,7-8,15-16,24-26H2,1H3,(H,40,44). The van der Waals surface area contributed by atoms with Gasteiger partial charge in [0.2, 0.25) is 11.8 Å². The fourth-order valence-corrected chi connectivity index (χ4v) is 7.47. The second-order valence-electron chi connectivity index (χ2n) is 11.7. The van der Waals surface area contributed by atoms with Crippen molar-refractivity contribution >= 4 is 39.1 Å². The second kappa shape index (κ2) is 16.1. The minimum absolute atomic E-state index is 0.0407. The Kier molecular flexibility index (Phi) is 11.7. The molecule has 0 aromatic heterocycles. The molecule has 0 radical (unpaired) electrons. The molecule has 1 atom stereocenters. The molecule has 1 aliphatic carbocycles. The summed E-state index contributed by atoms with van der Waals surface area (Å²) in [7, 11) is -4.37. The number of rotatable bonds is 14. The summed E-state index contributed by atoms with van der Waals surface area (Å²) < 4.78 is 50.6. The Hall–Kier alpha value is -4.41. The average molecular weight is 692 g/mol. The number of sulfonamides is 1. The van der Waals surface area contributed by atoms with E-state index in [9.17, 15) is 18.0 Å². The van der Waals surface area contributed by atoms with Gasteiger partial charge in [-0.2, -0.15) is 0 Å². The molecule has 0 spiro atoms. The maximum Gasteiger partial charge on any atom is 0.264 e. The Bertz CT molecular complexity index is 1800. The van der Waals surface area contributed by atoms with Crippen LogP contribution in [-0.2, 0) is 32.6 Å². The normalized spacial score (nSPS) is 13.9. The largest absolute Gasteiger partial charge is 0.492 e. The average Bonchev–Trinajstić information content (AvgIpc) is 3.60. The zero-order valence-corrected chi connectivity index (χ0v) is 28.3. The van der Waals surface area contributed by atoms with Gasteiger partial charge in [-0.05, 0) is 67.8 Å². The number of carbonyl (C=O) groups excluding carboxylic acids is 2. The summed E-state index contributed by atoms with van der Waals surface area (Å²) in [5.41, 5.74) is 1.13. The maximum atomic E-state index is 15.2. The van der Waals surface area contributed by atoms with E-state index in [4.69, 9.17) is 16.3 Å². The van der Waals surface area contributed by atoms with Gasteiger partial charge in [0.05, 0.1) is 17.2 Å². The van der Waals surface area contributed by atoms with Crippen molar-refractivity contribution in [3.63, 3.8) is 0 Å². The molecule has 5 rings (SSSR count). The van der Waals surface area contributed by atoms with Crippen molar-refractivity contribution in [1.82, 2.24) is 10.2 Å². The van der Waals surface area contributed by atoms with Crippen molar-refractivity contribution in [2.75, 3.05) is 17.5 Å². The SMILES string of the molecule is CCOc1ccccc1N(CC(=O)N(Cc1ccccc1F)C(Cc1ccccc1)C(=O)NC1CCCC1)S(=O)(=O)c1ccc(Cl)cc1. The molecule has 0 heterocycles. The lowest BCUT2D eigenvalue weighted by Crippen LogP contribution is -2.54. The first kappa shape index (κ1) is 34.9. The Morgan fingerprint density at radius 2 is 1.56 bits per heavy atom. The van der Waals surface area contributed by atoms with Crippen LogP contribution in [0.25, 0.3) is 0 Å². The van der Waals surface area contributed by atoms with Gasteiger partial charge in [-0.15, -0.1) is 0 Å². The van der Waals surface area contributed by atoms with E-state index in [0.29, 0.717) is 5.02 Å². The summed E-state index contributed by atoms with van der Waals surface area (Å²) in [6.07, 6.45) is 3.77. The van der Waals surface area contributed by atoms with Crippen molar-refractivity contribution < 1.29 is 27.1 Å². The van der Waals surface area contributed by atoms with Crippen LogP contribution in [0.3, 0.4) is 0 Å². The number of carbonyl (C=O) groups is 2. The molecule has 48 heavy (non-hydrogen) atoms. The van der Waals surface area contributed by atoms with Crippen LogP contribution in [0, 0.1) is 5.82 Å². The van der Waals surface area contributed by atoms with Gasteiger partial charge in [0.15, 0.2) is 0 Å². The third-order valence-electron chi connectivity index (χ3n) is 8.39. The van der Waals surface area contributed by atoms with Gasteiger partial charge >= 0.3 is 0 Å². The van der Waals surface area contributed by atoms with Crippen LogP contribution in [-0.4, -0.2) is 50.4 Å². The first-order valence-corrected chi connectivity index (χ1v) is 17.9. The van der Waals surface area contributed by atoms with Crippen molar-refractivity contribution in [3.8, 4) is 5.75 Å². The Morgan fingerprint density at radius 3 is 2.25 bits per heavy atom. The number of nitrogens with one attached hydrogen (secondary N) is 1.